The van der Waals surface area contributed by atoms with Crippen LogP contribution < -0.4 is 5.32 Å². The number of likely N-dealkylation sites (N-methyl/N-ethyl adjacent to an activating group) is 1. The summed E-state index contributed by atoms with van der Waals surface area (Å²) in [7, 11) is 6.56. The molecule has 2 bridgehead atoms. The van der Waals surface area contributed by atoms with Crippen molar-refractivity contribution in [3.8, 4) is 0 Å². The van der Waals surface area contributed by atoms with E-state index in [2.05, 4.69) is 50.1 Å². The van der Waals surface area contributed by atoms with Gasteiger partial charge < -0.3 is 10.2 Å². The van der Waals surface area contributed by atoms with Crippen LogP contribution in [0.5, 0.6) is 0 Å². The van der Waals surface area contributed by atoms with Crippen LogP contribution >= 0.6 is 0 Å². The van der Waals surface area contributed by atoms with Gasteiger partial charge in [0.1, 0.15) is 0 Å². The lowest BCUT2D eigenvalue weighted by molar-refractivity contribution is -0.0317. The van der Waals surface area contributed by atoms with Gasteiger partial charge in [0.05, 0.1) is 0 Å². The van der Waals surface area contributed by atoms with Gasteiger partial charge in [0.2, 0.25) is 0 Å². The van der Waals surface area contributed by atoms with Crippen molar-refractivity contribution >= 4 is 0 Å². The highest BCUT2D eigenvalue weighted by atomic mass is 15.3. The van der Waals surface area contributed by atoms with Gasteiger partial charge in [-0.1, -0.05) is 20.3 Å². The predicted molar refractivity (Wildman–Crippen MR) is 82.5 cm³/mol. The molecule has 0 spiro atoms. The summed E-state index contributed by atoms with van der Waals surface area (Å²) in [6.45, 7) is 6.00. The Morgan fingerprint density at radius 1 is 1.16 bits per heavy atom. The summed E-state index contributed by atoms with van der Waals surface area (Å²) in [4.78, 5) is 5.27. The molecule has 0 saturated carbocycles. The summed E-state index contributed by atoms with van der Waals surface area (Å²) in [6.07, 6.45) is 6.96. The van der Waals surface area contributed by atoms with E-state index in [1.807, 2.05) is 0 Å². The summed E-state index contributed by atoms with van der Waals surface area (Å²) in [6, 6.07) is 3.11. The first-order valence-electron chi connectivity index (χ1n) is 8.12. The molecule has 0 radical (unpaired) electrons. The normalized spacial score (nSPS) is 33.9. The number of hydrogen-bond acceptors (Lipinski definition) is 3. The maximum Gasteiger partial charge on any atom is 0.0251 e. The van der Waals surface area contributed by atoms with E-state index in [1.54, 1.807) is 0 Å². The van der Waals surface area contributed by atoms with E-state index in [4.69, 9.17) is 0 Å². The second kappa shape index (κ2) is 6.55. The third kappa shape index (κ3) is 3.50. The number of piperidine rings is 2. The van der Waals surface area contributed by atoms with Gasteiger partial charge in [0.15, 0.2) is 0 Å². The highest BCUT2D eigenvalue weighted by Crippen LogP contribution is 2.37. The molecule has 2 heterocycles. The van der Waals surface area contributed by atoms with Crippen LogP contribution in [-0.4, -0.2) is 61.7 Å². The summed E-state index contributed by atoms with van der Waals surface area (Å²) in [5.74, 6) is 0.747. The molecule has 3 unspecified atom stereocenters. The quantitative estimate of drug-likeness (QED) is 0.824. The van der Waals surface area contributed by atoms with Crippen LogP contribution in [0.3, 0.4) is 0 Å². The zero-order valence-corrected chi connectivity index (χ0v) is 13.5. The van der Waals surface area contributed by atoms with Crippen molar-refractivity contribution in [2.75, 3.05) is 27.7 Å². The summed E-state index contributed by atoms with van der Waals surface area (Å²) in [5.41, 5.74) is 0. The molecular formula is C16H33N3. The van der Waals surface area contributed by atoms with Gasteiger partial charge in [-0.15, -0.1) is 0 Å². The van der Waals surface area contributed by atoms with Crippen LogP contribution in [0.2, 0.25) is 0 Å². The van der Waals surface area contributed by atoms with Crippen molar-refractivity contribution in [1.82, 2.24) is 15.1 Å². The lowest BCUT2D eigenvalue weighted by Crippen LogP contribution is -2.62. The summed E-state index contributed by atoms with van der Waals surface area (Å²) >= 11 is 0. The Morgan fingerprint density at radius 2 is 1.74 bits per heavy atom. The van der Waals surface area contributed by atoms with Crippen LogP contribution in [0.25, 0.3) is 0 Å². The fraction of sp³-hybridized carbons (Fsp3) is 1.00. The van der Waals surface area contributed by atoms with Crippen molar-refractivity contribution in [2.24, 2.45) is 5.92 Å². The van der Waals surface area contributed by atoms with Gasteiger partial charge in [-0.05, 0) is 52.7 Å². The number of rotatable bonds is 5. The molecule has 0 aromatic carbocycles. The molecule has 2 fully saturated rings. The van der Waals surface area contributed by atoms with Crippen molar-refractivity contribution in [3.63, 3.8) is 0 Å². The average molecular weight is 267 g/mol. The molecule has 0 aromatic rings. The molecular weight excluding hydrogens is 234 g/mol. The van der Waals surface area contributed by atoms with Gasteiger partial charge in [-0.25, -0.2) is 0 Å². The Hall–Kier alpha value is -0.120. The molecule has 0 aliphatic carbocycles. The third-order valence-corrected chi connectivity index (χ3v) is 5.14. The number of hydrogen-bond donors (Lipinski definition) is 1. The van der Waals surface area contributed by atoms with Crippen LogP contribution in [0, 0.1) is 5.92 Å². The molecule has 1 N–H and O–H groups in total. The van der Waals surface area contributed by atoms with E-state index >= 15 is 0 Å². The summed E-state index contributed by atoms with van der Waals surface area (Å²) in [5, 5.41) is 3.52. The first-order chi connectivity index (χ1) is 9.02. The second-order valence-electron chi connectivity index (χ2n) is 7.22. The molecule has 2 aliphatic heterocycles. The maximum atomic E-state index is 3.52. The van der Waals surface area contributed by atoms with Crippen LogP contribution in [0.15, 0.2) is 0 Å². The molecule has 3 heteroatoms. The van der Waals surface area contributed by atoms with E-state index < -0.39 is 0 Å². The SMILES string of the molecule is CNC1CC2CCCC(C1)N2C(CN(C)C)C(C)C. The number of nitrogens with zero attached hydrogens (tertiary/aromatic N) is 2. The van der Waals surface area contributed by atoms with Gasteiger partial charge in [0, 0.05) is 30.7 Å². The van der Waals surface area contributed by atoms with Crippen molar-refractivity contribution in [3.05, 3.63) is 0 Å². The molecule has 2 aliphatic rings. The van der Waals surface area contributed by atoms with Gasteiger partial charge in [0.25, 0.3) is 0 Å². The molecule has 19 heavy (non-hydrogen) atoms. The van der Waals surface area contributed by atoms with Crippen molar-refractivity contribution in [1.29, 1.82) is 0 Å². The van der Waals surface area contributed by atoms with Gasteiger partial charge in [-0.2, -0.15) is 0 Å². The topological polar surface area (TPSA) is 18.5 Å². The van der Waals surface area contributed by atoms with Gasteiger partial charge >= 0.3 is 0 Å². The largest absolute Gasteiger partial charge is 0.317 e. The zero-order chi connectivity index (χ0) is 14.0. The standard InChI is InChI=1S/C16H33N3/c1-12(2)16(11-18(4)5)19-14-7-6-8-15(19)10-13(9-14)17-3/h12-17H,6-11H2,1-5H3. The van der Waals surface area contributed by atoms with Crippen molar-refractivity contribution in [2.45, 2.75) is 70.1 Å². The Morgan fingerprint density at radius 3 is 2.16 bits per heavy atom. The summed E-state index contributed by atoms with van der Waals surface area (Å²) < 4.78 is 0. The fourth-order valence-corrected chi connectivity index (χ4v) is 4.22. The molecule has 0 aromatic heterocycles. The first-order valence-corrected chi connectivity index (χ1v) is 8.12. The van der Waals surface area contributed by atoms with E-state index in [0.717, 1.165) is 30.1 Å². The maximum absolute atomic E-state index is 3.52. The highest BCUT2D eigenvalue weighted by Gasteiger charge is 2.41. The first kappa shape index (κ1) is 15.3. The molecule has 2 saturated heterocycles. The fourth-order valence-electron chi connectivity index (χ4n) is 4.22. The monoisotopic (exact) mass is 267 g/mol. The molecule has 112 valence electrons. The zero-order valence-electron chi connectivity index (χ0n) is 13.5. The van der Waals surface area contributed by atoms with E-state index in [1.165, 1.54) is 38.6 Å². The minimum Gasteiger partial charge on any atom is -0.317 e. The Kier molecular flexibility index (Phi) is 5.27. The highest BCUT2D eigenvalue weighted by molar-refractivity contribution is 4.98. The lowest BCUT2D eigenvalue weighted by atomic mass is 9.79. The smallest absolute Gasteiger partial charge is 0.0251 e. The van der Waals surface area contributed by atoms with E-state index in [0.29, 0.717) is 0 Å². The second-order valence-corrected chi connectivity index (χ2v) is 7.22. The molecule has 0 amide bonds. The number of nitrogens with one attached hydrogen (secondary N) is 1. The predicted octanol–water partition coefficient (Wildman–Crippen LogP) is 2.18. The van der Waals surface area contributed by atoms with E-state index in [9.17, 15) is 0 Å². The Balaban J connectivity index is 2.12. The van der Waals surface area contributed by atoms with Crippen molar-refractivity contribution < 1.29 is 0 Å². The average Bonchev–Trinajstić information content (AvgIpc) is 2.34. The Labute approximate surface area is 119 Å². The molecule has 3 nitrogen and oxygen atoms in total. The Bertz CT molecular complexity index is 263. The molecule has 2 rings (SSSR count). The molecule has 3 atom stereocenters. The van der Waals surface area contributed by atoms with Crippen LogP contribution in [-0.2, 0) is 0 Å². The lowest BCUT2D eigenvalue weighted by Gasteiger charge is -2.53. The van der Waals surface area contributed by atoms with Gasteiger partial charge in [-0.3, -0.25) is 4.90 Å². The van der Waals surface area contributed by atoms with E-state index in [-0.39, 0.29) is 0 Å². The van der Waals surface area contributed by atoms with Crippen LogP contribution in [0.1, 0.15) is 46.0 Å². The minimum atomic E-state index is 0.725. The van der Waals surface area contributed by atoms with Crippen LogP contribution in [0.4, 0.5) is 0 Å². The number of fused-ring (bicyclic) bond motifs is 2. The third-order valence-electron chi connectivity index (χ3n) is 5.14. The minimum absolute atomic E-state index is 0.725.